The van der Waals surface area contributed by atoms with Crippen molar-refractivity contribution in [3.8, 4) is 0 Å². The van der Waals surface area contributed by atoms with Crippen LogP contribution in [-0.4, -0.2) is 46.4 Å². The van der Waals surface area contributed by atoms with Crippen LogP contribution in [0.25, 0.3) is 0 Å². The number of ether oxygens (including phenoxy) is 1. The Morgan fingerprint density at radius 1 is 1.00 bits per heavy atom. The highest BCUT2D eigenvalue weighted by Gasteiger charge is 2.11. The lowest BCUT2D eigenvalue weighted by atomic mass is 10.2. The Kier molecular flexibility index (Phi) is 11.1. The molecule has 31 heavy (non-hydrogen) atoms. The topological polar surface area (TPSA) is 79.8 Å². The summed E-state index contributed by atoms with van der Waals surface area (Å²) in [5, 5.41) is 6.43. The maximum atomic E-state index is 12.3. The zero-order valence-corrected chi connectivity index (χ0v) is 19.4. The third-order valence-corrected chi connectivity index (χ3v) is 6.26. The van der Waals surface area contributed by atoms with Gasteiger partial charge in [-0.25, -0.2) is 8.42 Å². The average molecular weight is 446 g/mol. The smallest absolute Gasteiger partial charge is 0.191 e. The normalized spacial score (nSPS) is 13.0. The first-order valence-corrected chi connectivity index (χ1v) is 12.7. The predicted molar refractivity (Wildman–Crippen MR) is 128 cm³/mol. The summed E-state index contributed by atoms with van der Waals surface area (Å²) in [5.74, 6) is 1.23. The standard InChI is InChI=1S/C24H35N3O3S/c1-3-25-24(27-17-21(2)18-30-19-22-11-6-4-7-12-22)26-15-10-16-31(28,29)20-23-13-8-5-9-14-23/h4-9,11-14,21H,3,10,15-20H2,1-2H3,(H2,25,26,27). The summed E-state index contributed by atoms with van der Waals surface area (Å²) in [6.07, 6.45) is 0.537. The van der Waals surface area contributed by atoms with E-state index in [4.69, 9.17) is 4.74 Å². The molecule has 0 saturated carbocycles. The van der Waals surface area contributed by atoms with Crippen molar-refractivity contribution in [2.75, 3.05) is 32.0 Å². The van der Waals surface area contributed by atoms with E-state index >= 15 is 0 Å². The Labute approximate surface area is 187 Å². The van der Waals surface area contributed by atoms with E-state index in [0.29, 0.717) is 38.7 Å². The first-order valence-electron chi connectivity index (χ1n) is 10.9. The molecule has 0 spiro atoms. The highest BCUT2D eigenvalue weighted by Crippen LogP contribution is 2.07. The predicted octanol–water partition coefficient (Wildman–Crippen LogP) is 3.40. The molecule has 0 saturated heterocycles. The third-order valence-electron chi connectivity index (χ3n) is 4.57. The summed E-state index contributed by atoms with van der Waals surface area (Å²) < 4.78 is 30.4. The van der Waals surface area contributed by atoms with E-state index in [1.807, 2.05) is 55.5 Å². The van der Waals surface area contributed by atoms with Gasteiger partial charge >= 0.3 is 0 Å². The monoisotopic (exact) mass is 445 g/mol. The van der Waals surface area contributed by atoms with E-state index in [9.17, 15) is 8.42 Å². The largest absolute Gasteiger partial charge is 0.376 e. The van der Waals surface area contributed by atoms with Gasteiger partial charge < -0.3 is 15.4 Å². The molecule has 7 heteroatoms. The Balaban J connectivity index is 1.68. The highest BCUT2D eigenvalue weighted by atomic mass is 32.2. The summed E-state index contributed by atoms with van der Waals surface area (Å²) in [6, 6.07) is 19.4. The number of hydrogen-bond acceptors (Lipinski definition) is 4. The van der Waals surface area contributed by atoms with Crippen molar-refractivity contribution < 1.29 is 13.2 Å². The zero-order chi connectivity index (χ0) is 22.4. The minimum Gasteiger partial charge on any atom is -0.376 e. The molecule has 2 aromatic carbocycles. The van der Waals surface area contributed by atoms with Crippen molar-refractivity contribution >= 4 is 15.8 Å². The van der Waals surface area contributed by atoms with Crippen LogP contribution in [0.1, 0.15) is 31.4 Å². The van der Waals surface area contributed by atoms with Crippen LogP contribution in [0, 0.1) is 5.92 Å². The van der Waals surface area contributed by atoms with Crippen LogP contribution in [0.15, 0.2) is 65.7 Å². The van der Waals surface area contributed by atoms with Gasteiger partial charge in [0.15, 0.2) is 15.8 Å². The van der Waals surface area contributed by atoms with Gasteiger partial charge in [-0.2, -0.15) is 0 Å². The molecule has 0 bridgehead atoms. The molecular formula is C24H35N3O3S. The van der Waals surface area contributed by atoms with Crippen LogP contribution < -0.4 is 10.6 Å². The molecule has 1 atom stereocenters. The molecule has 2 aromatic rings. The van der Waals surface area contributed by atoms with Gasteiger partial charge in [-0.1, -0.05) is 67.6 Å². The van der Waals surface area contributed by atoms with Crippen LogP contribution in [0.3, 0.4) is 0 Å². The van der Waals surface area contributed by atoms with Gasteiger partial charge in [-0.05, 0) is 30.4 Å². The van der Waals surface area contributed by atoms with Crippen molar-refractivity contribution in [1.82, 2.24) is 10.6 Å². The van der Waals surface area contributed by atoms with E-state index in [2.05, 4.69) is 34.7 Å². The van der Waals surface area contributed by atoms with Gasteiger partial charge in [0.2, 0.25) is 0 Å². The minimum atomic E-state index is -3.12. The second-order valence-corrected chi connectivity index (χ2v) is 9.87. The summed E-state index contributed by atoms with van der Waals surface area (Å²) in [4.78, 5) is 4.61. The third kappa shape index (κ3) is 11.0. The molecule has 0 fully saturated rings. The molecular weight excluding hydrogens is 410 g/mol. The first-order chi connectivity index (χ1) is 15.0. The fraction of sp³-hybridized carbons (Fsp3) is 0.458. The van der Waals surface area contributed by atoms with Gasteiger partial charge in [-0.15, -0.1) is 0 Å². The SMILES string of the molecule is CCNC(=NCC(C)COCc1ccccc1)NCCCS(=O)(=O)Cc1ccccc1. The number of aliphatic imine (C=N–C) groups is 1. The van der Waals surface area contributed by atoms with E-state index in [0.717, 1.165) is 17.7 Å². The summed E-state index contributed by atoms with van der Waals surface area (Å²) >= 11 is 0. The Bertz CT molecular complexity index is 871. The van der Waals surface area contributed by atoms with Gasteiger partial charge in [0.25, 0.3) is 0 Å². The molecule has 170 valence electrons. The summed E-state index contributed by atoms with van der Waals surface area (Å²) in [7, 11) is -3.12. The van der Waals surface area contributed by atoms with E-state index in [-0.39, 0.29) is 17.4 Å². The molecule has 2 N–H and O–H groups in total. The van der Waals surface area contributed by atoms with Gasteiger partial charge in [0, 0.05) is 19.6 Å². The fourth-order valence-electron chi connectivity index (χ4n) is 2.99. The lowest BCUT2D eigenvalue weighted by Gasteiger charge is -2.14. The average Bonchev–Trinajstić information content (AvgIpc) is 2.76. The highest BCUT2D eigenvalue weighted by molar-refractivity contribution is 7.90. The summed E-state index contributed by atoms with van der Waals surface area (Å²) in [6.45, 7) is 7.29. The maximum absolute atomic E-state index is 12.3. The lowest BCUT2D eigenvalue weighted by molar-refractivity contribution is 0.0945. The zero-order valence-electron chi connectivity index (χ0n) is 18.6. The fourth-order valence-corrected chi connectivity index (χ4v) is 4.42. The molecule has 2 rings (SSSR count). The van der Waals surface area contributed by atoms with Crippen molar-refractivity contribution in [1.29, 1.82) is 0 Å². The van der Waals surface area contributed by atoms with E-state index in [1.165, 1.54) is 0 Å². The van der Waals surface area contributed by atoms with E-state index in [1.54, 1.807) is 0 Å². The molecule has 0 aliphatic rings. The van der Waals surface area contributed by atoms with Crippen molar-refractivity contribution in [3.63, 3.8) is 0 Å². The van der Waals surface area contributed by atoms with Gasteiger partial charge in [-0.3, -0.25) is 4.99 Å². The molecule has 0 aliphatic carbocycles. The number of benzene rings is 2. The quantitative estimate of drug-likeness (QED) is 0.281. The van der Waals surface area contributed by atoms with Crippen molar-refractivity contribution in [3.05, 3.63) is 71.8 Å². The van der Waals surface area contributed by atoms with Gasteiger partial charge in [0.05, 0.1) is 24.7 Å². The van der Waals surface area contributed by atoms with Crippen LogP contribution >= 0.6 is 0 Å². The Morgan fingerprint density at radius 3 is 2.29 bits per heavy atom. The van der Waals surface area contributed by atoms with Crippen LogP contribution in [-0.2, 0) is 26.9 Å². The summed E-state index contributed by atoms with van der Waals surface area (Å²) in [5.41, 5.74) is 1.99. The van der Waals surface area contributed by atoms with Crippen molar-refractivity contribution in [2.24, 2.45) is 10.9 Å². The number of hydrogen-bond donors (Lipinski definition) is 2. The number of rotatable bonds is 13. The lowest BCUT2D eigenvalue weighted by Crippen LogP contribution is -2.38. The number of guanidine groups is 1. The number of nitrogens with one attached hydrogen (secondary N) is 2. The second-order valence-electron chi connectivity index (χ2n) is 7.68. The number of nitrogens with zero attached hydrogens (tertiary/aromatic N) is 1. The van der Waals surface area contributed by atoms with Crippen molar-refractivity contribution in [2.45, 2.75) is 32.6 Å². The number of sulfone groups is 1. The molecule has 0 heterocycles. The van der Waals surface area contributed by atoms with Crippen LogP contribution in [0.2, 0.25) is 0 Å². The molecule has 0 aromatic heterocycles. The molecule has 1 unspecified atom stereocenters. The Morgan fingerprint density at radius 2 is 1.65 bits per heavy atom. The maximum Gasteiger partial charge on any atom is 0.191 e. The minimum absolute atomic E-state index is 0.0858. The molecule has 0 amide bonds. The van der Waals surface area contributed by atoms with E-state index < -0.39 is 9.84 Å². The molecule has 0 aliphatic heterocycles. The molecule has 6 nitrogen and oxygen atoms in total. The van der Waals surface area contributed by atoms with Crippen LogP contribution in [0.5, 0.6) is 0 Å². The molecule has 0 radical (unpaired) electrons. The second kappa shape index (κ2) is 13.8. The van der Waals surface area contributed by atoms with Gasteiger partial charge in [0.1, 0.15) is 0 Å². The Hall–Kier alpha value is -2.38. The van der Waals surface area contributed by atoms with Crippen LogP contribution in [0.4, 0.5) is 0 Å². The first kappa shape index (κ1) is 24.9.